The summed E-state index contributed by atoms with van der Waals surface area (Å²) in [6.45, 7) is 0. The molecule has 1 aromatic rings. The van der Waals surface area contributed by atoms with Crippen LogP contribution in [0.2, 0.25) is 0 Å². The van der Waals surface area contributed by atoms with Crippen molar-refractivity contribution in [2.45, 2.75) is 24.1 Å². The van der Waals surface area contributed by atoms with Crippen LogP contribution in [0.1, 0.15) is 12.0 Å². The first-order valence-electron chi connectivity index (χ1n) is 9.46. The Bertz CT molecular complexity index is 1100. The quantitative estimate of drug-likeness (QED) is 0.326. The molecule has 1 amide bonds. The van der Waals surface area contributed by atoms with Gasteiger partial charge in [0.25, 0.3) is 5.91 Å². The van der Waals surface area contributed by atoms with Crippen molar-refractivity contribution in [1.29, 1.82) is 0 Å². The molecule has 1 saturated carbocycles. The molecule has 0 radical (unpaired) electrons. The van der Waals surface area contributed by atoms with E-state index in [1.807, 2.05) is 9.47 Å². The fourth-order valence-corrected chi connectivity index (χ4v) is 5.39. The predicted octanol–water partition coefficient (Wildman–Crippen LogP) is 0.400. The maximum Gasteiger partial charge on any atom is 0.255 e. The molecule has 4 rings (SSSR count). The molecule has 0 aromatic heterocycles. The predicted molar refractivity (Wildman–Crippen MR) is 113 cm³/mol. The van der Waals surface area contributed by atoms with Gasteiger partial charge in [0, 0.05) is 21.1 Å². The molecule has 11 heteroatoms. The van der Waals surface area contributed by atoms with Gasteiger partial charge in [0.1, 0.15) is 22.8 Å². The average Bonchev–Trinajstić information content (AvgIpc) is 2.67. The van der Waals surface area contributed by atoms with Crippen molar-refractivity contribution >= 4 is 38.4 Å². The topological polar surface area (TPSA) is 162 Å². The number of phenolic OH excluding ortho intramolecular Hbond substituents is 1. The number of rotatable bonds is 3. The molecule has 0 saturated heterocycles. The molecular formula is C20H22N3O7P. The lowest BCUT2D eigenvalue weighted by Gasteiger charge is -2.51. The van der Waals surface area contributed by atoms with Crippen molar-refractivity contribution < 1.29 is 34.2 Å². The number of nitrogens with one attached hydrogen (secondary N) is 1. The number of phenols is 1. The maximum atomic E-state index is 13.8. The number of carbonyl (C=O) groups excluding carboxylic acids is 3. The minimum absolute atomic E-state index is 0.0362. The molecule has 1 fully saturated rings. The molecule has 0 bridgehead atoms. The van der Waals surface area contributed by atoms with Gasteiger partial charge in [-0.1, -0.05) is 6.07 Å². The van der Waals surface area contributed by atoms with E-state index in [0.717, 1.165) is 0 Å². The molecule has 0 spiro atoms. The van der Waals surface area contributed by atoms with Crippen molar-refractivity contribution in [3.8, 4) is 5.75 Å². The molecule has 164 valence electrons. The molecule has 5 atom stereocenters. The monoisotopic (exact) mass is 447 g/mol. The van der Waals surface area contributed by atoms with Gasteiger partial charge in [-0.15, -0.1) is 0 Å². The number of carbonyl (C=O) groups is 3. The number of hydrogen-bond acceptors (Lipinski definition) is 9. The molecule has 31 heavy (non-hydrogen) atoms. The van der Waals surface area contributed by atoms with Gasteiger partial charge in [0.05, 0.1) is 23.2 Å². The number of aliphatic hydroxyl groups is 2. The molecule has 1 unspecified atom stereocenters. The first kappa shape index (κ1) is 21.3. The molecule has 1 heterocycles. The lowest BCUT2D eigenvalue weighted by Crippen LogP contribution is -2.67. The lowest BCUT2D eigenvalue weighted by molar-refractivity contribution is -0.146. The number of likely N-dealkylation sites (N-methyl/N-ethyl adjacent to an activating group) is 1. The summed E-state index contributed by atoms with van der Waals surface area (Å²) in [4.78, 5) is 40.4. The number of aliphatic hydroxyl groups excluding tert-OH is 2. The van der Waals surface area contributed by atoms with Gasteiger partial charge in [0.15, 0.2) is 11.4 Å². The fourth-order valence-electron chi connectivity index (χ4n) is 5.00. The van der Waals surface area contributed by atoms with Crippen molar-refractivity contribution in [2.24, 2.45) is 11.7 Å². The summed E-state index contributed by atoms with van der Waals surface area (Å²) in [6, 6.07) is 2.86. The van der Waals surface area contributed by atoms with Crippen LogP contribution in [0, 0.1) is 5.92 Å². The standard InChI is InChI=1S/C20H22N3O7P/c1-23(2)14-7-6-9-12(15(25)11-8(22-9)4-3-5-10(11)24)17(27)20(7,30-31)18(28)13(16(14)26)19(21)29/h3-5,7,9,14,22,24-25,28H,6,31H2,1-2H3,(H2,21,29)/t7-,9-,14-,20-/m0/s1. The third-order valence-corrected chi connectivity index (χ3v) is 6.65. The van der Waals surface area contributed by atoms with E-state index in [2.05, 4.69) is 5.32 Å². The van der Waals surface area contributed by atoms with Gasteiger partial charge in [-0.25, -0.2) is 0 Å². The molecule has 6 N–H and O–H groups in total. The molecule has 2 aliphatic carbocycles. The number of ketones is 2. The SMILES string of the molecule is CN(C)[C@@H]1C(=O)C(C(N)=O)=C(O)[C@@]2(OP)C(=O)C3=C(O)c4c(O)cccc4N[C@H]3C[C@@H]12. The Balaban J connectivity index is 2.02. The van der Waals surface area contributed by atoms with Crippen LogP contribution in [0.25, 0.3) is 5.76 Å². The van der Waals surface area contributed by atoms with Crippen LogP contribution >= 0.6 is 9.47 Å². The average molecular weight is 447 g/mol. The second-order valence-corrected chi connectivity index (χ2v) is 8.28. The molecular weight excluding hydrogens is 425 g/mol. The first-order valence-corrected chi connectivity index (χ1v) is 9.93. The van der Waals surface area contributed by atoms with Crippen molar-refractivity contribution in [2.75, 3.05) is 19.4 Å². The highest BCUT2D eigenvalue weighted by Crippen LogP contribution is 2.52. The first-order chi connectivity index (χ1) is 14.6. The van der Waals surface area contributed by atoms with E-state index < -0.39 is 58.2 Å². The second-order valence-electron chi connectivity index (χ2n) is 8.04. The number of nitrogens with zero attached hydrogens (tertiary/aromatic N) is 1. The van der Waals surface area contributed by atoms with Crippen LogP contribution in [0.4, 0.5) is 5.69 Å². The zero-order chi connectivity index (χ0) is 22.8. The highest BCUT2D eigenvalue weighted by molar-refractivity contribution is 7.10. The van der Waals surface area contributed by atoms with E-state index in [-0.39, 0.29) is 23.3 Å². The number of primary amides is 1. The Labute approximate surface area is 179 Å². The smallest absolute Gasteiger partial charge is 0.255 e. The molecule has 1 aromatic carbocycles. The largest absolute Gasteiger partial charge is 0.508 e. The van der Waals surface area contributed by atoms with Gasteiger partial charge in [0.2, 0.25) is 5.78 Å². The number of anilines is 1. The zero-order valence-corrected chi connectivity index (χ0v) is 17.9. The van der Waals surface area contributed by atoms with Gasteiger partial charge in [-0.3, -0.25) is 19.3 Å². The minimum atomic E-state index is -2.14. The molecule has 10 nitrogen and oxygen atoms in total. The number of Topliss-reactive ketones (excluding diaryl/α,β-unsaturated/α-hetero) is 2. The molecule has 1 aliphatic heterocycles. The van der Waals surface area contributed by atoms with Crippen LogP contribution in [0.3, 0.4) is 0 Å². The summed E-state index contributed by atoms with van der Waals surface area (Å²) in [6.07, 6.45) is 0.0965. The van der Waals surface area contributed by atoms with Crippen molar-refractivity contribution in [1.82, 2.24) is 4.90 Å². The Morgan fingerprint density at radius 3 is 2.55 bits per heavy atom. The maximum absolute atomic E-state index is 13.8. The Morgan fingerprint density at radius 1 is 1.29 bits per heavy atom. The number of hydrogen-bond donors (Lipinski definition) is 5. The van der Waals surface area contributed by atoms with Gasteiger partial charge >= 0.3 is 0 Å². The van der Waals surface area contributed by atoms with Crippen molar-refractivity contribution in [3.63, 3.8) is 0 Å². The highest BCUT2D eigenvalue weighted by Gasteiger charge is 2.65. The van der Waals surface area contributed by atoms with E-state index in [9.17, 15) is 29.7 Å². The van der Waals surface area contributed by atoms with Crippen LogP contribution in [0.15, 0.2) is 35.1 Å². The van der Waals surface area contributed by atoms with E-state index in [1.165, 1.54) is 11.0 Å². The van der Waals surface area contributed by atoms with Crippen LogP contribution in [0.5, 0.6) is 5.75 Å². The van der Waals surface area contributed by atoms with Gasteiger partial charge < -0.3 is 30.9 Å². The van der Waals surface area contributed by atoms with Gasteiger partial charge in [-0.05, 0) is 32.6 Å². The number of aromatic hydroxyl groups is 1. The number of amides is 1. The zero-order valence-electron chi connectivity index (χ0n) is 16.7. The number of nitrogens with two attached hydrogens (primary N) is 1. The summed E-state index contributed by atoms with van der Waals surface area (Å²) < 4.78 is 5.47. The summed E-state index contributed by atoms with van der Waals surface area (Å²) in [5.41, 5.74) is 2.83. The third kappa shape index (κ3) is 2.65. The Kier molecular flexibility index (Phi) is 4.84. The minimum Gasteiger partial charge on any atom is -0.508 e. The second kappa shape index (κ2) is 7.05. The fraction of sp³-hybridized carbons (Fsp3) is 0.350. The normalized spacial score (nSPS) is 30.0. The molecule has 3 aliphatic rings. The summed E-state index contributed by atoms with van der Waals surface area (Å²) in [5, 5.41) is 35.2. The van der Waals surface area contributed by atoms with E-state index in [0.29, 0.717) is 5.69 Å². The highest BCUT2D eigenvalue weighted by atomic mass is 31.0. The summed E-state index contributed by atoms with van der Waals surface area (Å²) >= 11 is 0. The van der Waals surface area contributed by atoms with Gasteiger partial charge in [-0.2, -0.15) is 0 Å². The van der Waals surface area contributed by atoms with E-state index >= 15 is 0 Å². The Hall–Kier alpha value is -2.94. The van der Waals surface area contributed by atoms with Crippen LogP contribution in [-0.4, -0.2) is 69.5 Å². The summed E-state index contributed by atoms with van der Waals surface area (Å²) in [5.74, 6) is -5.23. The third-order valence-electron chi connectivity index (χ3n) is 6.28. The van der Waals surface area contributed by atoms with Crippen LogP contribution in [-0.2, 0) is 18.9 Å². The number of fused-ring (bicyclic) bond motifs is 3. The van der Waals surface area contributed by atoms with E-state index in [1.54, 1.807) is 26.2 Å². The number of benzene rings is 1. The lowest BCUT2D eigenvalue weighted by atomic mass is 9.60. The summed E-state index contributed by atoms with van der Waals surface area (Å²) in [7, 11) is 5.11. The van der Waals surface area contributed by atoms with Crippen LogP contribution < -0.4 is 11.1 Å². The Morgan fingerprint density at radius 2 is 1.97 bits per heavy atom. The van der Waals surface area contributed by atoms with Crippen molar-refractivity contribution in [3.05, 3.63) is 40.7 Å². The van der Waals surface area contributed by atoms with E-state index in [4.69, 9.17) is 10.3 Å².